The van der Waals surface area contributed by atoms with Crippen molar-refractivity contribution in [2.45, 2.75) is 20.8 Å². The summed E-state index contributed by atoms with van der Waals surface area (Å²) in [7, 11) is 0. The van der Waals surface area contributed by atoms with Crippen LogP contribution in [0.3, 0.4) is 0 Å². The monoisotopic (exact) mass is 262 g/mol. The quantitative estimate of drug-likeness (QED) is 0.604. The average Bonchev–Trinajstić information content (AvgIpc) is 2.40. The molecule has 19 heavy (non-hydrogen) atoms. The van der Waals surface area contributed by atoms with E-state index < -0.39 is 5.97 Å². The highest BCUT2D eigenvalue weighted by atomic mass is 16.5. The Kier molecular flexibility index (Phi) is 6.31. The van der Waals surface area contributed by atoms with E-state index in [2.05, 4.69) is 11.8 Å². The van der Waals surface area contributed by atoms with Crippen LogP contribution in [0.4, 0.5) is 0 Å². The van der Waals surface area contributed by atoms with Gasteiger partial charge in [-0.3, -0.25) is 0 Å². The molecule has 1 aromatic carbocycles. The predicted octanol–water partition coefficient (Wildman–Crippen LogP) is 2.40. The summed E-state index contributed by atoms with van der Waals surface area (Å²) < 4.78 is 15.7. The molecule has 4 heteroatoms. The maximum absolute atomic E-state index is 11.1. The smallest absolute Gasteiger partial charge is 0.384 e. The van der Waals surface area contributed by atoms with Gasteiger partial charge >= 0.3 is 5.97 Å². The summed E-state index contributed by atoms with van der Waals surface area (Å²) in [5.41, 5.74) is 0.681. The number of hydrogen-bond acceptors (Lipinski definition) is 4. The lowest BCUT2D eigenvalue weighted by atomic mass is 10.2. The summed E-state index contributed by atoms with van der Waals surface area (Å²) in [6, 6.07) is 5.31. The molecule has 0 saturated carbocycles. The molecule has 0 spiro atoms. The van der Waals surface area contributed by atoms with Crippen molar-refractivity contribution in [2.75, 3.05) is 19.8 Å². The standard InChI is InChI=1S/C15H18O4/c1-4-17-13-9-7-12(11-14(13)18-5-2)8-10-15(16)19-6-3/h7,9,11H,4-6H2,1-3H3. The molecule has 0 bridgehead atoms. The van der Waals surface area contributed by atoms with Crippen LogP contribution in [-0.2, 0) is 9.53 Å². The Labute approximate surface area is 113 Å². The van der Waals surface area contributed by atoms with Gasteiger partial charge in [0.25, 0.3) is 0 Å². The fourth-order valence-electron chi connectivity index (χ4n) is 1.42. The molecule has 0 unspecified atom stereocenters. The van der Waals surface area contributed by atoms with Crippen LogP contribution in [0.25, 0.3) is 0 Å². The van der Waals surface area contributed by atoms with Gasteiger partial charge < -0.3 is 14.2 Å². The summed E-state index contributed by atoms with van der Waals surface area (Å²) in [4.78, 5) is 11.1. The predicted molar refractivity (Wildman–Crippen MR) is 72.3 cm³/mol. The molecule has 0 atom stereocenters. The zero-order valence-corrected chi connectivity index (χ0v) is 11.5. The van der Waals surface area contributed by atoms with E-state index >= 15 is 0 Å². The van der Waals surface area contributed by atoms with Crippen LogP contribution in [0.1, 0.15) is 26.3 Å². The Balaban J connectivity index is 2.91. The van der Waals surface area contributed by atoms with Gasteiger partial charge in [0.2, 0.25) is 0 Å². The van der Waals surface area contributed by atoms with E-state index in [-0.39, 0.29) is 0 Å². The Morgan fingerprint density at radius 1 is 1.05 bits per heavy atom. The second-order valence-corrected chi connectivity index (χ2v) is 3.50. The molecule has 0 heterocycles. The van der Waals surface area contributed by atoms with Gasteiger partial charge in [0.15, 0.2) is 11.5 Å². The first kappa shape index (κ1) is 14.9. The third kappa shape index (κ3) is 4.92. The first-order valence-corrected chi connectivity index (χ1v) is 6.29. The third-order valence-corrected chi connectivity index (χ3v) is 2.13. The zero-order chi connectivity index (χ0) is 14.1. The van der Waals surface area contributed by atoms with Crippen molar-refractivity contribution in [1.29, 1.82) is 0 Å². The maximum Gasteiger partial charge on any atom is 0.384 e. The molecule has 0 fully saturated rings. The van der Waals surface area contributed by atoms with Crippen LogP contribution >= 0.6 is 0 Å². The molecule has 0 amide bonds. The van der Waals surface area contributed by atoms with Crippen molar-refractivity contribution in [2.24, 2.45) is 0 Å². The average molecular weight is 262 g/mol. The minimum atomic E-state index is -0.533. The van der Waals surface area contributed by atoms with Crippen LogP contribution in [-0.4, -0.2) is 25.8 Å². The fraction of sp³-hybridized carbons (Fsp3) is 0.400. The summed E-state index contributed by atoms with van der Waals surface area (Å²) in [5, 5.41) is 0. The third-order valence-electron chi connectivity index (χ3n) is 2.13. The van der Waals surface area contributed by atoms with E-state index in [4.69, 9.17) is 14.2 Å². The summed E-state index contributed by atoms with van der Waals surface area (Å²) in [5.74, 6) is 5.91. The number of ether oxygens (including phenoxy) is 3. The lowest BCUT2D eigenvalue weighted by Crippen LogP contribution is -2.00. The molecule has 0 saturated heterocycles. The molecule has 1 rings (SSSR count). The van der Waals surface area contributed by atoms with Crippen molar-refractivity contribution in [3.8, 4) is 23.3 Å². The van der Waals surface area contributed by atoms with Crippen LogP contribution in [0, 0.1) is 11.8 Å². The van der Waals surface area contributed by atoms with Gasteiger partial charge in [-0.25, -0.2) is 4.79 Å². The minimum Gasteiger partial charge on any atom is -0.490 e. The largest absolute Gasteiger partial charge is 0.490 e. The minimum absolute atomic E-state index is 0.320. The van der Waals surface area contributed by atoms with E-state index in [9.17, 15) is 4.79 Å². The molecule has 1 aromatic rings. The summed E-state index contributed by atoms with van der Waals surface area (Å²) >= 11 is 0. The Morgan fingerprint density at radius 3 is 2.37 bits per heavy atom. The van der Waals surface area contributed by atoms with E-state index in [1.807, 2.05) is 13.8 Å². The van der Waals surface area contributed by atoms with Gasteiger partial charge in [0.05, 0.1) is 19.8 Å². The lowest BCUT2D eigenvalue weighted by molar-refractivity contribution is -0.136. The lowest BCUT2D eigenvalue weighted by Gasteiger charge is -2.10. The summed E-state index contributed by atoms with van der Waals surface area (Å²) in [6.45, 7) is 6.96. The van der Waals surface area contributed by atoms with Crippen LogP contribution in [0.15, 0.2) is 18.2 Å². The van der Waals surface area contributed by atoms with Gasteiger partial charge in [0, 0.05) is 11.5 Å². The molecular formula is C15H18O4. The van der Waals surface area contributed by atoms with E-state index in [1.165, 1.54) is 0 Å². The second-order valence-electron chi connectivity index (χ2n) is 3.50. The molecule has 102 valence electrons. The van der Waals surface area contributed by atoms with Crippen molar-refractivity contribution in [3.05, 3.63) is 23.8 Å². The number of rotatable bonds is 5. The Morgan fingerprint density at radius 2 is 1.74 bits per heavy atom. The number of benzene rings is 1. The number of carbonyl (C=O) groups excluding carboxylic acids is 1. The SMILES string of the molecule is CCOC(=O)C#Cc1ccc(OCC)c(OCC)c1. The first-order valence-electron chi connectivity index (χ1n) is 6.29. The molecule has 0 aliphatic carbocycles. The first-order chi connectivity index (χ1) is 9.21. The zero-order valence-electron chi connectivity index (χ0n) is 11.5. The Bertz CT molecular complexity index is 483. The van der Waals surface area contributed by atoms with Gasteiger partial charge in [-0.15, -0.1) is 0 Å². The molecule has 0 radical (unpaired) electrons. The molecule has 4 nitrogen and oxygen atoms in total. The number of esters is 1. The number of carbonyl (C=O) groups is 1. The van der Waals surface area contributed by atoms with E-state index in [1.54, 1.807) is 25.1 Å². The highest BCUT2D eigenvalue weighted by Gasteiger charge is 2.05. The van der Waals surface area contributed by atoms with Gasteiger partial charge in [-0.1, -0.05) is 5.92 Å². The van der Waals surface area contributed by atoms with Gasteiger partial charge in [-0.05, 0) is 39.0 Å². The van der Waals surface area contributed by atoms with Crippen molar-refractivity contribution < 1.29 is 19.0 Å². The van der Waals surface area contributed by atoms with Gasteiger partial charge in [-0.2, -0.15) is 0 Å². The van der Waals surface area contributed by atoms with Crippen LogP contribution in [0.2, 0.25) is 0 Å². The normalized spacial score (nSPS) is 9.21. The van der Waals surface area contributed by atoms with Crippen LogP contribution < -0.4 is 9.47 Å². The molecule has 0 aliphatic rings. The fourth-order valence-corrected chi connectivity index (χ4v) is 1.42. The van der Waals surface area contributed by atoms with E-state index in [0.29, 0.717) is 36.9 Å². The van der Waals surface area contributed by atoms with Crippen molar-refractivity contribution >= 4 is 5.97 Å². The maximum atomic E-state index is 11.1. The van der Waals surface area contributed by atoms with Crippen molar-refractivity contribution in [3.63, 3.8) is 0 Å². The summed E-state index contributed by atoms with van der Waals surface area (Å²) in [6.07, 6.45) is 0. The molecule has 0 N–H and O–H groups in total. The van der Waals surface area contributed by atoms with Gasteiger partial charge in [0.1, 0.15) is 0 Å². The topological polar surface area (TPSA) is 44.8 Å². The second kappa shape index (κ2) is 8.04. The molecular weight excluding hydrogens is 244 g/mol. The molecule has 0 aromatic heterocycles. The Hall–Kier alpha value is -2.15. The highest BCUT2D eigenvalue weighted by Crippen LogP contribution is 2.28. The van der Waals surface area contributed by atoms with Crippen LogP contribution in [0.5, 0.6) is 11.5 Å². The number of hydrogen-bond donors (Lipinski definition) is 0. The van der Waals surface area contributed by atoms with Crippen molar-refractivity contribution in [1.82, 2.24) is 0 Å². The highest BCUT2D eigenvalue weighted by molar-refractivity contribution is 5.89. The molecule has 0 aliphatic heterocycles. The van der Waals surface area contributed by atoms with E-state index in [0.717, 1.165) is 0 Å².